The number of carbonyl (C=O) groups is 1. The summed E-state index contributed by atoms with van der Waals surface area (Å²) in [5.41, 5.74) is -1.22. The third-order valence-electron chi connectivity index (χ3n) is 3.22. The molecule has 0 aromatic carbocycles. The number of anilines is 1. The van der Waals surface area contributed by atoms with Crippen LogP contribution in [-0.4, -0.2) is 33.1 Å². The first-order chi connectivity index (χ1) is 7.93. The van der Waals surface area contributed by atoms with Gasteiger partial charge in [-0.2, -0.15) is 0 Å². The molecular weight excluding hydrogens is 222 g/mol. The van der Waals surface area contributed by atoms with Crippen molar-refractivity contribution in [2.75, 3.05) is 11.4 Å². The average Bonchev–Trinajstić information content (AvgIpc) is 2.60. The van der Waals surface area contributed by atoms with Gasteiger partial charge in [0.2, 0.25) is 0 Å². The fourth-order valence-corrected chi connectivity index (χ4v) is 2.25. The van der Waals surface area contributed by atoms with E-state index in [1.807, 2.05) is 0 Å². The van der Waals surface area contributed by atoms with Crippen molar-refractivity contribution in [3.63, 3.8) is 0 Å². The van der Waals surface area contributed by atoms with Gasteiger partial charge in [-0.05, 0) is 26.7 Å². The maximum Gasteiger partial charge on any atom is 0.329 e. The number of H-pyrrole nitrogens is 1. The second kappa shape index (κ2) is 3.87. The van der Waals surface area contributed by atoms with Gasteiger partial charge in [0.15, 0.2) is 0 Å². The normalized spacial score (nSPS) is 24.0. The van der Waals surface area contributed by atoms with Crippen LogP contribution in [0.3, 0.4) is 0 Å². The Labute approximate surface area is 98.3 Å². The Bertz CT molecular complexity index is 511. The molecule has 0 bridgehead atoms. The summed E-state index contributed by atoms with van der Waals surface area (Å²) in [4.78, 5) is 31.1. The van der Waals surface area contributed by atoms with Gasteiger partial charge in [-0.15, -0.1) is 0 Å². The van der Waals surface area contributed by atoms with Crippen LogP contribution in [0.4, 0.5) is 5.82 Å². The summed E-state index contributed by atoms with van der Waals surface area (Å²) in [6.07, 6.45) is 1.35. The number of aromatic nitrogens is 2. The molecule has 1 aliphatic heterocycles. The number of carboxylic acid groups (broad SMARTS) is 1. The van der Waals surface area contributed by atoms with E-state index in [4.69, 9.17) is 0 Å². The molecule has 2 N–H and O–H groups in total. The third kappa shape index (κ3) is 1.90. The highest BCUT2D eigenvalue weighted by Crippen LogP contribution is 2.32. The van der Waals surface area contributed by atoms with Crippen LogP contribution in [-0.2, 0) is 4.79 Å². The molecule has 1 aromatic rings. The Balaban J connectivity index is 2.46. The number of nitrogens with one attached hydrogen (secondary N) is 1. The molecule has 0 amide bonds. The van der Waals surface area contributed by atoms with Crippen LogP contribution in [0.2, 0.25) is 0 Å². The van der Waals surface area contributed by atoms with Gasteiger partial charge in [0.05, 0.1) is 0 Å². The predicted molar refractivity (Wildman–Crippen MR) is 62.2 cm³/mol. The lowest BCUT2D eigenvalue weighted by Gasteiger charge is -2.32. The minimum absolute atomic E-state index is 0.257. The van der Waals surface area contributed by atoms with Crippen molar-refractivity contribution in [2.24, 2.45) is 0 Å². The monoisotopic (exact) mass is 237 g/mol. The molecule has 0 radical (unpaired) electrons. The lowest BCUT2D eigenvalue weighted by molar-refractivity contribution is -0.142. The first-order valence-electron chi connectivity index (χ1n) is 5.52. The van der Waals surface area contributed by atoms with Crippen LogP contribution in [0.25, 0.3) is 0 Å². The molecule has 2 heterocycles. The molecule has 0 spiro atoms. The quantitative estimate of drug-likeness (QED) is 0.783. The summed E-state index contributed by atoms with van der Waals surface area (Å²) in [7, 11) is 0. The van der Waals surface area contributed by atoms with Crippen LogP contribution in [0.15, 0.2) is 10.9 Å². The second-order valence-corrected chi connectivity index (χ2v) is 4.52. The first kappa shape index (κ1) is 11.6. The van der Waals surface area contributed by atoms with E-state index in [1.54, 1.807) is 18.7 Å². The number of nitrogens with zero attached hydrogens (tertiary/aromatic N) is 2. The molecule has 1 aromatic heterocycles. The Morgan fingerprint density at radius 2 is 2.35 bits per heavy atom. The van der Waals surface area contributed by atoms with E-state index < -0.39 is 11.5 Å². The second-order valence-electron chi connectivity index (χ2n) is 4.52. The van der Waals surface area contributed by atoms with E-state index in [2.05, 4.69) is 9.97 Å². The van der Waals surface area contributed by atoms with Gasteiger partial charge in [-0.3, -0.25) is 4.79 Å². The highest BCUT2D eigenvalue weighted by atomic mass is 16.4. The molecule has 0 aliphatic carbocycles. The maximum absolute atomic E-state index is 11.4. The van der Waals surface area contributed by atoms with E-state index in [9.17, 15) is 14.7 Å². The predicted octanol–water partition coefficient (Wildman–Crippen LogP) is 0.522. The lowest BCUT2D eigenvalue weighted by atomic mass is 9.99. The molecule has 1 unspecified atom stereocenters. The van der Waals surface area contributed by atoms with Gasteiger partial charge in [-0.25, -0.2) is 9.78 Å². The number of aromatic amines is 1. The minimum atomic E-state index is -0.965. The Hall–Kier alpha value is -1.85. The van der Waals surface area contributed by atoms with Crippen LogP contribution >= 0.6 is 0 Å². The zero-order valence-electron chi connectivity index (χ0n) is 9.86. The molecule has 0 saturated carbocycles. The highest BCUT2D eigenvalue weighted by Gasteiger charge is 2.44. The molecule has 1 saturated heterocycles. The molecule has 1 aliphatic rings. The number of rotatable bonds is 2. The van der Waals surface area contributed by atoms with Crippen molar-refractivity contribution >= 4 is 11.8 Å². The number of carboxylic acids is 1. The van der Waals surface area contributed by atoms with Gasteiger partial charge in [-0.1, -0.05) is 0 Å². The molecule has 17 heavy (non-hydrogen) atoms. The summed E-state index contributed by atoms with van der Waals surface area (Å²) in [5.74, 6) is 0.0514. The Kier molecular flexibility index (Phi) is 2.65. The third-order valence-corrected chi connectivity index (χ3v) is 3.22. The van der Waals surface area contributed by atoms with Crippen molar-refractivity contribution in [1.29, 1.82) is 0 Å². The van der Waals surface area contributed by atoms with E-state index in [1.165, 1.54) is 6.07 Å². The van der Waals surface area contributed by atoms with Gasteiger partial charge >= 0.3 is 5.97 Å². The number of aryl methyl sites for hydroxylation is 1. The van der Waals surface area contributed by atoms with E-state index in [0.717, 1.165) is 6.42 Å². The summed E-state index contributed by atoms with van der Waals surface area (Å²) >= 11 is 0. The van der Waals surface area contributed by atoms with Crippen molar-refractivity contribution in [3.8, 4) is 0 Å². The van der Waals surface area contributed by atoms with Crippen molar-refractivity contribution in [2.45, 2.75) is 32.2 Å². The smallest absolute Gasteiger partial charge is 0.329 e. The fourth-order valence-electron chi connectivity index (χ4n) is 2.25. The highest BCUT2D eigenvalue weighted by molar-refractivity contribution is 5.83. The van der Waals surface area contributed by atoms with Crippen LogP contribution in [0.5, 0.6) is 0 Å². The van der Waals surface area contributed by atoms with Gasteiger partial charge < -0.3 is 15.0 Å². The van der Waals surface area contributed by atoms with Crippen molar-refractivity contribution in [3.05, 3.63) is 22.2 Å². The van der Waals surface area contributed by atoms with Gasteiger partial charge in [0.25, 0.3) is 5.56 Å². The standard InChI is InChI=1S/C11H15N3O3/c1-7-12-8(6-9(15)13-7)14-5-3-4-11(14,2)10(16)17/h6H,3-5H2,1-2H3,(H,16,17)(H,12,13,15). The van der Waals surface area contributed by atoms with Crippen LogP contribution in [0.1, 0.15) is 25.6 Å². The molecule has 6 heteroatoms. The van der Waals surface area contributed by atoms with Crippen LogP contribution in [0, 0.1) is 6.92 Å². The molecule has 1 atom stereocenters. The Morgan fingerprint density at radius 1 is 1.65 bits per heavy atom. The summed E-state index contributed by atoms with van der Waals surface area (Å²) < 4.78 is 0. The van der Waals surface area contributed by atoms with Gasteiger partial charge in [0.1, 0.15) is 17.2 Å². The van der Waals surface area contributed by atoms with Gasteiger partial charge in [0, 0.05) is 12.6 Å². The largest absolute Gasteiger partial charge is 0.480 e. The van der Waals surface area contributed by atoms with E-state index in [-0.39, 0.29) is 5.56 Å². The van der Waals surface area contributed by atoms with Crippen molar-refractivity contribution in [1.82, 2.24) is 9.97 Å². The SMILES string of the molecule is Cc1nc(N2CCCC2(C)C(=O)O)cc(=O)[nH]1. The number of hydrogen-bond donors (Lipinski definition) is 2. The van der Waals surface area contributed by atoms with E-state index in [0.29, 0.717) is 24.6 Å². The molecule has 2 rings (SSSR count). The topological polar surface area (TPSA) is 86.3 Å². The lowest BCUT2D eigenvalue weighted by Crippen LogP contribution is -2.48. The molecule has 6 nitrogen and oxygen atoms in total. The fraction of sp³-hybridized carbons (Fsp3) is 0.545. The minimum Gasteiger partial charge on any atom is -0.480 e. The van der Waals surface area contributed by atoms with Crippen molar-refractivity contribution < 1.29 is 9.90 Å². The number of hydrogen-bond acceptors (Lipinski definition) is 4. The summed E-state index contributed by atoms with van der Waals surface area (Å²) in [5, 5.41) is 9.29. The molecular formula is C11H15N3O3. The Morgan fingerprint density at radius 3 is 2.94 bits per heavy atom. The first-order valence-corrected chi connectivity index (χ1v) is 5.52. The molecule has 92 valence electrons. The number of aliphatic carboxylic acids is 1. The summed E-state index contributed by atoms with van der Waals surface area (Å²) in [6.45, 7) is 3.96. The average molecular weight is 237 g/mol. The summed E-state index contributed by atoms with van der Waals surface area (Å²) in [6, 6.07) is 1.35. The zero-order valence-corrected chi connectivity index (χ0v) is 9.86. The maximum atomic E-state index is 11.4. The van der Waals surface area contributed by atoms with E-state index >= 15 is 0 Å². The van der Waals surface area contributed by atoms with Crippen LogP contribution < -0.4 is 10.5 Å². The zero-order chi connectivity index (χ0) is 12.6. The molecule has 1 fully saturated rings.